The predicted octanol–water partition coefficient (Wildman–Crippen LogP) is 6.25. The minimum absolute atomic E-state index is 0. The zero-order chi connectivity index (χ0) is 22.6. The van der Waals surface area contributed by atoms with Gasteiger partial charge < -0.3 is 14.4 Å². The first-order valence-electron chi connectivity index (χ1n) is 12.7. The molecule has 35 heavy (non-hydrogen) atoms. The summed E-state index contributed by atoms with van der Waals surface area (Å²) < 4.78 is 11.7. The molecule has 0 bridgehead atoms. The maximum absolute atomic E-state index is 6.11. The van der Waals surface area contributed by atoms with Gasteiger partial charge in [0, 0.05) is 43.8 Å². The zero-order valence-electron chi connectivity index (χ0n) is 21.1. The average Bonchev–Trinajstić information content (AvgIpc) is 3.06. The quantitative estimate of drug-likeness (QED) is 0.467. The van der Waals surface area contributed by atoms with Crippen LogP contribution in [0.25, 0.3) is 17.2 Å². The highest BCUT2D eigenvalue weighted by Gasteiger charge is 2.28. The number of benzene rings is 2. The number of hydrogen-bond donors (Lipinski definition) is 0. The second kappa shape index (κ2) is 13.1. The minimum atomic E-state index is 0. The van der Waals surface area contributed by atoms with Gasteiger partial charge in [-0.05, 0) is 76.0 Å². The molecule has 0 spiro atoms. The summed E-state index contributed by atoms with van der Waals surface area (Å²) in [6, 6.07) is 16.8. The predicted molar refractivity (Wildman–Crippen MR) is 150 cm³/mol. The van der Waals surface area contributed by atoms with E-state index in [0.29, 0.717) is 12.1 Å². The van der Waals surface area contributed by atoms with Crippen LogP contribution in [0.2, 0.25) is 0 Å². The van der Waals surface area contributed by atoms with E-state index in [4.69, 9.17) is 9.47 Å². The number of likely N-dealkylation sites (tertiary alicyclic amines) is 1. The molecule has 3 heterocycles. The monoisotopic (exact) mass is 518 g/mol. The Bertz CT molecular complexity index is 965. The summed E-state index contributed by atoms with van der Waals surface area (Å²) in [6.45, 7) is 8.19. The Morgan fingerprint density at radius 1 is 0.857 bits per heavy atom. The fourth-order valence-electron chi connectivity index (χ4n) is 5.59. The van der Waals surface area contributed by atoms with Gasteiger partial charge in [-0.2, -0.15) is 0 Å². The van der Waals surface area contributed by atoms with Crippen LogP contribution in [0.15, 0.2) is 48.0 Å². The Hall–Kier alpha value is -1.56. The molecule has 0 amide bonds. The lowest BCUT2D eigenvalue weighted by Gasteiger charge is -2.41. The van der Waals surface area contributed by atoms with E-state index in [0.717, 1.165) is 38.5 Å². The summed E-state index contributed by atoms with van der Waals surface area (Å²) in [5, 5.41) is 0. The van der Waals surface area contributed by atoms with Crippen molar-refractivity contribution in [3.05, 3.63) is 59.2 Å². The number of ether oxygens (including phenoxy) is 2. The first kappa shape index (κ1) is 28.0. The molecule has 2 saturated heterocycles. The van der Waals surface area contributed by atoms with Gasteiger partial charge in [-0.1, -0.05) is 47.5 Å². The number of fused-ring (bicyclic) bond motifs is 1. The van der Waals surface area contributed by atoms with Gasteiger partial charge in [0.05, 0.1) is 6.61 Å². The Balaban J connectivity index is 0.00000171. The van der Waals surface area contributed by atoms with Crippen molar-refractivity contribution in [1.82, 2.24) is 9.80 Å². The van der Waals surface area contributed by atoms with Crippen LogP contribution in [0.3, 0.4) is 0 Å². The van der Waals surface area contributed by atoms with E-state index in [1.54, 1.807) is 0 Å². The van der Waals surface area contributed by atoms with Crippen molar-refractivity contribution in [3.8, 4) is 16.9 Å². The Labute approximate surface area is 223 Å². The number of halogens is 2. The van der Waals surface area contributed by atoms with Crippen molar-refractivity contribution in [3.63, 3.8) is 0 Å². The second-order valence-corrected chi connectivity index (χ2v) is 10.0. The third kappa shape index (κ3) is 7.02. The second-order valence-electron chi connectivity index (χ2n) is 10.0. The number of piperidine rings is 1. The highest BCUT2D eigenvalue weighted by Crippen LogP contribution is 2.32. The fraction of sp³-hybridized carbons (Fsp3) is 0.517. The average molecular weight is 520 g/mol. The van der Waals surface area contributed by atoms with E-state index in [9.17, 15) is 0 Å². The number of nitrogens with zero attached hydrogens (tertiary/aromatic N) is 2. The van der Waals surface area contributed by atoms with Crippen LogP contribution in [0.5, 0.6) is 5.75 Å². The SMILES string of the molecule is Cc1ccc(-c2ccc3c(c2)C=C(CN2CCC(N(C)C4CCOCC4)CC2)CCO3)cc1.Cl.Cl. The molecule has 6 heteroatoms. The summed E-state index contributed by atoms with van der Waals surface area (Å²) in [5.74, 6) is 1.01. The van der Waals surface area contributed by atoms with Crippen molar-refractivity contribution in [2.45, 2.75) is 51.1 Å². The van der Waals surface area contributed by atoms with Crippen LogP contribution in [-0.2, 0) is 4.74 Å². The molecule has 4 nitrogen and oxygen atoms in total. The third-order valence-electron chi connectivity index (χ3n) is 7.76. The molecule has 2 aromatic carbocycles. The van der Waals surface area contributed by atoms with Gasteiger partial charge in [-0.25, -0.2) is 0 Å². The molecule has 5 rings (SSSR count). The standard InChI is InChI=1S/C29H38N2O2.2ClH/c1-22-3-5-24(6-4-22)25-7-8-29-26(20-25)19-23(11-18-33-29)21-31-14-9-27(10-15-31)30(2)28-12-16-32-17-13-28;;/h3-8,19-20,27-28H,9-18,21H2,1-2H3;2*1H. The van der Waals surface area contributed by atoms with Crippen LogP contribution in [0, 0.1) is 6.92 Å². The van der Waals surface area contributed by atoms with Crippen molar-refractivity contribution in [2.75, 3.05) is 46.5 Å². The zero-order valence-corrected chi connectivity index (χ0v) is 22.7. The molecule has 0 radical (unpaired) electrons. The molecule has 0 saturated carbocycles. The smallest absolute Gasteiger partial charge is 0.126 e. The van der Waals surface area contributed by atoms with E-state index < -0.39 is 0 Å². The molecule has 0 unspecified atom stereocenters. The van der Waals surface area contributed by atoms with Gasteiger partial charge in [0.25, 0.3) is 0 Å². The van der Waals surface area contributed by atoms with Gasteiger partial charge >= 0.3 is 0 Å². The van der Waals surface area contributed by atoms with Crippen molar-refractivity contribution in [1.29, 1.82) is 0 Å². The molecule has 2 aromatic rings. The first-order chi connectivity index (χ1) is 16.2. The minimum Gasteiger partial charge on any atom is -0.493 e. The molecule has 0 N–H and O–H groups in total. The third-order valence-corrected chi connectivity index (χ3v) is 7.76. The molecular formula is C29H40Cl2N2O2. The molecule has 2 fully saturated rings. The lowest BCUT2D eigenvalue weighted by molar-refractivity contribution is 0.0157. The molecule has 0 aliphatic carbocycles. The first-order valence-corrected chi connectivity index (χ1v) is 12.7. The Morgan fingerprint density at radius 3 is 2.23 bits per heavy atom. The highest BCUT2D eigenvalue weighted by atomic mass is 35.5. The topological polar surface area (TPSA) is 24.9 Å². The molecule has 3 aliphatic rings. The lowest BCUT2D eigenvalue weighted by Crippen LogP contribution is -2.48. The van der Waals surface area contributed by atoms with E-state index in [-0.39, 0.29) is 24.8 Å². The Morgan fingerprint density at radius 2 is 1.51 bits per heavy atom. The van der Waals surface area contributed by atoms with Crippen LogP contribution in [-0.4, -0.2) is 68.4 Å². The van der Waals surface area contributed by atoms with E-state index >= 15 is 0 Å². The van der Waals surface area contributed by atoms with Gasteiger partial charge in [0.15, 0.2) is 0 Å². The largest absolute Gasteiger partial charge is 0.493 e. The van der Waals surface area contributed by atoms with E-state index in [1.165, 1.54) is 66.6 Å². The number of hydrogen-bond acceptors (Lipinski definition) is 4. The molecule has 192 valence electrons. The molecule has 3 aliphatic heterocycles. The number of rotatable bonds is 5. The van der Waals surface area contributed by atoms with Gasteiger partial charge in [0.1, 0.15) is 5.75 Å². The molecule has 0 atom stereocenters. The van der Waals surface area contributed by atoms with Crippen LogP contribution in [0.1, 0.15) is 43.2 Å². The summed E-state index contributed by atoms with van der Waals surface area (Å²) in [6.07, 6.45) is 8.31. The van der Waals surface area contributed by atoms with Gasteiger partial charge in [-0.15, -0.1) is 24.8 Å². The maximum Gasteiger partial charge on any atom is 0.126 e. The van der Waals surface area contributed by atoms with Crippen molar-refractivity contribution < 1.29 is 9.47 Å². The summed E-state index contributed by atoms with van der Waals surface area (Å²) >= 11 is 0. The highest BCUT2D eigenvalue weighted by molar-refractivity contribution is 5.85. The maximum atomic E-state index is 6.11. The van der Waals surface area contributed by atoms with Crippen LogP contribution in [0.4, 0.5) is 0 Å². The summed E-state index contributed by atoms with van der Waals surface area (Å²) in [4.78, 5) is 5.30. The molecular weight excluding hydrogens is 479 g/mol. The summed E-state index contributed by atoms with van der Waals surface area (Å²) in [5.41, 5.74) is 6.52. The van der Waals surface area contributed by atoms with Crippen molar-refractivity contribution in [2.24, 2.45) is 0 Å². The lowest BCUT2D eigenvalue weighted by atomic mass is 9.97. The van der Waals surface area contributed by atoms with Gasteiger partial charge in [-0.3, -0.25) is 4.90 Å². The molecule has 0 aromatic heterocycles. The van der Waals surface area contributed by atoms with E-state index in [2.05, 4.69) is 72.3 Å². The fourth-order valence-corrected chi connectivity index (χ4v) is 5.59. The number of aryl methyl sites for hydroxylation is 1. The van der Waals surface area contributed by atoms with Gasteiger partial charge in [0.2, 0.25) is 0 Å². The summed E-state index contributed by atoms with van der Waals surface area (Å²) in [7, 11) is 2.34. The Kier molecular flexibility index (Phi) is 10.5. The van der Waals surface area contributed by atoms with Crippen molar-refractivity contribution >= 4 is 30.9 Å². The van der Waals surface area contributed by atoms with E-state index in [1.807, 2.05) is 0 Å². The normalized spacial score (nSPS) is 19.6. The van der Waals surface area contributed by atoms with Crippen LogP contribution < -0.4 is 4.74 Å². The van der Waals surface area contributed by atoms with Crippen LogP contribution >= 0.6 is 24.8 Å².